The number of allylic oxidation sites excluding steroid dienone is 2. The number of nitrogens with one attached hydrogen (secondary N) is 1. The first-order chi connectivity index (χ1) is 14.1. The normalized spacial score (nSPS) is 22.9. The van der Waals surface area contributed by atoms with E-state index in [1.807, 2.05) is 0 Å². The van der Waals surface area contributed by atoms with Crippen molar-refractivity contribution in [1.82, 2.24) is 5.32 Å². The summed E-state index contributed by atoms with van der Waals surface area (Å²) in [6.07, 6.45) is 3.29. The number of carboxylic acid groups (broad SMARTS) is 4. The maximum Gasteiger partial charge on any atom is 0.409 e. The Kier molecular flexibility index (Phi) is 5.24. The van der Waals surface area contributed by atoms with E-state index < -0.39 is 47.3 Å². The quantitative estimate of drug-likeness (QED) is 0.388. The summed E-state index contributed by atoms with van der Waals surface area (Å²) >= 11 is 0. The van der Waals surface area contributed by atoms with Crippen molar-refractivity contribution in [2.24, 2.45) is 0 Å². The largest absolute Gasteiger partial charge is 0.543 e. The lowest BCUT2D eigenvalue weighted by Gasteiger charge is -2.21. The summed E-state index contributed by atoms with van der Waals surface area (Å²) in [4.78, 5) is 57.3. The molecule has 3 heterocycles. The molecule has 0 bridgehead atoms. The van der Waals surface area contributed by atoms with Gasteiger partial charge in [0.25, 0.3) is 5.69 Å². The monoisotopic (exact) mass is 418 g/mol. The molecule has 3 rings (SSSR count). The van der Waals surface area contributed by atoms with Crippen molar-refractivity contribution in [3.05, 3.63) is 51.2 Å². The Balaban J connectivity index is 2.09. The molecule has 1 aromatic rings. The standard InChI is InChI=1S/C18H14N2O10/c21-14(22)9-3-7(4-10(19-9)15(23)24)1-2-20-11(16(25)26)5-8-6-12(17(27)28)30-18(29)13(8)20/h1-3,6,10-11H,4-5H2,(H4,21,22,23,24,25,26,27,28)/t10-,11-/m0/s1. The number of carbonyl (C=O) groups is 4. The smallest absolute Gasteiger partial charge is 0.409 e. The Labute approximate surface area is 166 Å². The van der Waals surface area contributed by atoms with Crippen molar-refractivity contribution in [2.75, 3.05) is 0 Å². The SMILES string of the molecule is O=C(O)C1=C/C(=C/C=[N+]2/c3c(cc(C(=O)O)oc3=O)C[C@H]2C(=O)[O-])C[C@@H](C(=O)O)N1. The molecule has 1 aromatic heterocycles. The van der Waals surface area contributed by atoms with E-state index in [1.165, 1.54) is 18.4 Å². The van der Waals surface area contributed by atoms with Crippen molar-refractivity contribution < 1.29 is 48.6 Å². The highest BCUT2D eigenvalue weighted by atomic mass is 16.4. The predicted octanol–water partition coefficient (Wildman–Crippen LogP) is -1.93. The van der Waals surface area contributed by atoms with Crippen LogP contribution in [0.15, 0.2) is 38.7 Å². The van der Waals surface area contributed by atoms with Gasteiger partial charge in [0, 0.05) is 24.5 Å². The van der Waals surface area contributed by atoms with E-state index >= 15 is 0 Å². The zero-order chi connectivity index (χ0) is 22.2. The second-order valence-corrected chi connectivity index (χ2v) is 6.52. The number of carboxylic acids is 4. The van der Waals surface area contributed by atoms with E-state index in [0.29, 0.717) is 0 Å². The van der Waals surface area contributed by atoms with Crippen LogP contribution in [0.3, 0.4) is 0 Å². The lowest BCUT2D eigenvalue weighted by Crippen LogP contribution is -2.41. The van der Waals surface area contributed by atoms with Gasteiger partial charge in [0.2, 0.25) is 11.8 Å². The van der Waals surface area contributed by atoms with Crippen LogP contribution in [-0.4, -0.2) is 62.1 Å². The molecule has 12 heteroatoms. The van der Waals surface area contributed by atoms with Crippen LogP contribution in [0.5, 0.6) is 0 Å². The molecular weight excluding hydrogens is 404 g/mol. The zero-order valence-electron chi connectivity index (χ0n) is 15.0. The highest BCUT2D eigenvalue weighted by molar-refractivity contribution is 5.89. The number of aliphatic carboxylic acids is 3. The van der Waals surface area contributed by atoms with E-state index in [-0.39, 0.29) is 35.4 Å². The number of rotatable bonds is 5. The van der Waals surface area contributed by atoms with Gasteiger partial charge < -0.3 is 35.0 Å². The summed E-state index contributed by atoms with van der Waals surface area (Å²) in [5, 5.41) is 41.2. The first-order valence-electron chi connectivity index (χ1n) is 8.46. The Morgan fingerprint density at radius 1 is 1.17 bits per heavy atom. The van der Waals surface area contributed by atoms with Gasteiger partial charge in [0.15, 0.2) is 6.21 Å². The predicted molar refractivity (Wildman–Crippen MR) is 93.4 cm³/mol. The van der Waals surface area contributed by atoms with Crippen LogP contribution in [0.1, 0.15) is 22.5 Å². The van der Waals surface area contributed by atoms with Crippen LogP contribution in [0.4, 0.5) is 5.69 Å². The van der Waals surface area contributed by atoms with E-state index in [9.17, 15) is 29.1 Å². The minimum absolute atomic E-state index is 0.105. The summed E-state index contributed by atoms with van der Waals surface area (Å²) in [6.45, 7) is 0. The van der Waals surface area contributed by atoms with Crippen LogP contribution in [0.2, 0.25) is 0 Å². The van der Waals surface area contributed by atoms with Crippen molar-refractivity contribution in [1.29, 1.82) is 0 Å². The number of hydrogen-bond acceptors (Lipinski definition) is 8. The molecule has 2 aliphatic heterocycles. The van der Waals surface area contributed by atoms with E-state index in [1.54, 1.807) is 0 Å². The summed E-state index contributed by atoms with van der Waals surface area (Å²) in [6, 6.07) is -1.51. The van der Waals surface area contributed by atoms with Crippen LogP contribution < -0.4 is 16.0 Å². The van der Waals surface area contributed by atoms with Crippen LogP contribution in [0.25, 0.3) is 0 Å². The van der Waals surface area contributed by atoms with Gasteiger partial charge in [-0.05, 0) is 17.7 Å². The van der Waals surface area contributed by atoms with Crippen molar-refractivity contribution >= 4 is 35.8 Å². The minimum Gasteiger partial charge on any atom is -0.543 e. The summed E-state index contributed by atoms with van der Waals surface area (Å²) < 4.78 is 5.72. The van der Waals surface area contributed by atoms with Gasteiger partial charge in [0.05, 0.1) is 0 Å². The first-order valence-corrected chi connectivity index (χ1v) is 8.46. The molecule has 12 nitrogen and oxygen atoms in total. The maximum atomic E-state index is 12.2. The Hall–Kier alpha value is -4.22. The van der Waals surface area contributed by atoms with Crippen molar-refractivity contribution in [2.45, 2.75) is 24.9 Å². The molecule has 2 aliphatic rings. The average Bonchev–Trinajstić information content (AvgIpc) is 3.05. The second-order valence-electron chi connectivity index (χ2n) is 6.52. The molecule has 2 atom stereocenters. The zero-order valence-corrected chi connectivity index (χ0v) is 15.0. The van der Waals surface area contributed by atoms with Gasteiger partial charge in [-0.1, -0.05) is 0 Å². The number of aromatic carboxylic acids is 1. The lowest BCUT2D eigenvalue weighted by atomic mass is 10.00. The molecule has 0 aliphatic carbocycles. The number of nitrogens with zero attached hydrogens (tertiary/aromatic N) is 1. The summed E-state index contributed by atoms with van der Waals surface area (Å²) in [5.41, 5.74) is -1.26. The number of carbonyl (C=O) groups excluding carboxylic acids is 1. The first kappa shape index (κ1) is 20.5. The molecule has 0 aromatic carbocycles. The van der Waals surface area contributed by atoms with Gasteiger partial charge in [-0.15, -0.1) is 0 Å². The topological polar surface area (TPSA) is 197 Å². The molecular formula is C18H14N2O10. The molecule has 156 valence electrons. The number of fused-ring (bicyclic) bond motifs is 1. The fraction of sp³-hybridized carbons (Fsp3) is 0.222. The molecule has 30 heavy (non-hydrogen) atoms. The second kappa shape index (κ2) is 7.66. The third-order valence-corrected chi connectivity index (χ3v) is 4.57. The Morgan fingerprint density at radius 3 is 2.43 bits per heavy atom. The van der Waals surface area contributed by atoms with Gasteiger partial charge in [-0.2, -0.15) is 4.58 Å². The summed E-state index contributed by atoms with van der Waals surface area (Å²) in [7, 11) is 0. The third-order valence-electron chi connectivity index (χ3n) is 4.57. The average molecular weight is 418 g/mol. The molecule has 0 spiro atoms. The van der Waals surface area contributed by atoms with Gasteiger partial charge >= 0.3 is 23.5 Å². The van der Waals surface area contributed by atoms with Crippen LogP contribution in [0, 0.1) is 0 Å². The molecule has 0 amide bonds. The Morgan fingerprint density at radius 2 is 1.87 bits per heavy atom. The molecule has 0 saturated heterocycles. The van der Waals surface area contributed by atoms with Crippen molar-refractivity contribution in [3.8, 4) is 0 Å². The third kappa shape index (κ3) is 3.83. The molecule has 0 fully saturated rings. The molecule has 0 unspecified atom stereocenters. The lowest BCUT2D eigenvalue weighted by molar-refractivity contribution is -0.477. The highest BCUT2D eigenvalue weighted by Gasteiger charge is 2.40. The molecule has 0 radical (unpaired) electrons. The molecule has 0 saturated carbocycles. The number of hydrogen-bond donors (Lipinski definition) is 4. The van der Waals surface area contributed by atoms with Gasteiger partial charge in [-0.3, -0.25) is 0 Å². The van der Waals surface area contributed by atoms with Crippen LogP contribution in [-0.2, 0) is 20.8 Å². The highest BCUT2D eigenvalue weighted by Crippen LogP contribution is 2.28. The van der Waals surface area contributed by atoms with Crippen molar-refractivity contribution in [3.63, 3.8) is 0 Å². The Bertz CT molecular complexity index is 1120. The minimum atomic E-state index is -1.53. The van der Waals surface area contributed by atoms with Gasteiger partial charge in [-0.25, -0.2) is 19.2 Å². The fourth-order valence-electron chi connectivity index (χ4n) is 3.23. The van der Waals surface area contributed by atoms with Crippen LogP contribution >= 0.6 is 0 Å². The van der Waals surface area contributed by atoms with E-state index in [0.717, 1.165) is 10.6 Å². The van der Waals surface area contributed by atoms with E-state index in [4.69, 9.17) is 19.7 Å². The fourth-order valence-corrected chi connectivity index (χ4v) is 3.23. The maximum absolute atomic E-state index is 12.2. The van der Waals surface area contributed by atoms with E-state index in [2.05, 4.69) is 5.32 Å². The van der Waals surface area contributed by atoms with Gasteiger partial charge in [0.1, 0.15) is 17.7 Å². The summed E-state index contributed by atoms with van der Waals surface area (Å²) in [5.74, 6) is -6.34. The molecule has 4 N–H and O–H groups in total.